The highest BCUT2D eigenvalue weighted by Crippen LogP contribution is 2.69. The summed E-state index contributed by atoms with van der Waals surface area (Å²) in [5.74, 6) is 0.991. The van der Waals surface area contributed by atoms with E-state index in [1.165, 1.54) is 25.7 Å². The fourth-order valence-corrected chi connectivity index (χ4v) is 3.66. The summed E-state index contributed by atoms with van der Waals surface area (Å²) in [6, 6.07) is 0. The van der Waals surface area contributed by atoms with Crippen LogP contribution in [-0.4, -0.2) is 6.71 Å². The molecule has 0 aliphatic heterocycles. The lowest BCUT2D eigenvalue weighted by atomic mass is 9.21. The van der Waals surface area contributed by atoms with Gasteiger partial charge in [-0.15, -0.1) is 0 Å². The largest absolute Gasteiger partial charge is 0.140 e. The van der Waals surface area contributed by atoms with E-state index in [0.717, 1.165) is 12.6 Å². The van der Waals surface area contributed by atoms with Crippen molar-refractivity contribution < 1.29 is 0 Å². The summed E-state index contributed by atoms with van der Waals surface area (Å²) < 4.78 is 0. The topological polar surface area (TPSA) is 0 Å². The molecule has 1 rings (SSSR count). The second kappa shape index (κ2) is 3.91. The Labute approximate surface area is 90.9 Å². The summed E-state index contributed by atoms with van der Waals surface area (Å²) in [6.45, 7) is 15.4. The standard InChI is InChI=1S/C13H27B/c1-7-9-11-10-13(4,14(5)6)12(11,3)8-2/h11H,7-10H2,1-6H3. The highest BCUT2D eigenvalue weighted by Gasteiger charge is 2.59. The van der Waals surface area contributed by atoms with E-state index in [0.29, 0.717) is 10.7 Å². The van der Waals surface area contributed by atoms with Crippen LogP contribution in [0, 0.1) is 11.3 Å². The van der Waals surface area contributed by atoms with Gasteiger partial charge in [0.25, 0.3) is 0 Å². The Kier molecular flexibility index (Phi) is 3.39. The van der Waals surface area contributed by atoms with Crippen LogP contribution in [0.15, 0.2) is 0 Å². The maximum atomic E-state index is 2.52. The van der Waals surface area contributed by atoms with Gasteiger partial charge in [0.15, 0.2) is 0 Å². The van der Waals surface area contributed by atoms with Crippen molar-refractivity contribution in [1.29, 1.82) is 0 Å². The molecule has 1 heteroatoms. The zero-order valence-corrected chi connectivity index (χ0v) is 11.0. The minimum absolute atomic E-state index is 0.599. The lowest BCUT2D eigenvalue weighted by Crippen LogP contribution is -2.55. The Hall–Kier alpha value is 0.0649. The highest BCUT2D eigenvalue weighted by atomic mass is 14.6. The second-order valence-electron chi connectivity index (χ2n) is 6.03. The minimum Gasteiger partial charge on any atom is -0.0858 e. The van der Waals surface area contributed by atoms with Crippen molar-refractivity contribution in [2.75, 3.05) is 0 Å². The molecule has 14 heavy (non-hydrogen) atoms. The zero-order chi connectivity index (χ0) is 11.0. The first-order chi connectivity index (χ1) is 6.42. The third-order valence-electron chi connectivity index (χ3n) is 5.52. The molecule has 1 fully saturated rings. The minimum atomic E-state index is 0.599. The summed E-state index contributed by atoms with van der Waals surface area (Å²) in [5.41, 5.74) is 0.608. The molecule has 3 atom stereocenters. The first-order valence-corrected chi connectivity index (χ1v) is 6.42. The average Bonchev–Trinajstić information content (AvgIpc) is 2.15. The Morgan fingerprint density at radius 3 is 2.14 bits per heavy atom. The van der Waals surface area contributed by atoms with Gasteiger partial charge in [0.1, 0.15) is 6.71 Å². The lowest BCUT2D eigenvalue weighted by Gasteiger charge is -2.64. The van der Waals surface area contributed by atoms with Gasteiger partial charge in [0.2, 0.25) is 0 Å². The van der Waals surface area contributed by atoms with Crippen LogP contribution < -0.4 is 0 Å². The molecular formula is C13H27B. The smallest absolute Gasteiger partial charge is 0.0858 e. The van der Waals surface area contributed by atoms with Gasteiger partial charge in [-0.3, -0.25) is 0 Å². The summed E-state index contributed by atoms with van der Waals surface area (Å²) >= 11 is 0. The molecule has 0 heterocycles. The molecule has 0 aromatic heterocycles. The monoisotopic (exact) mass is 194 g/mol. The molecule has 1 aliphatic carbocycles. The van der Waals surface area contributed by atoms with E-state index in [4.69, 9.17) is 0 Å². The fraction of sp³-hybridized carbons (Fsp3) is 1.00. The van der Waals surface area contributed by atoms with E-state index in [1.54, 1.807) is 0 Å². The van der Waals surface area contributed by atoms with Gasteiger partial charge in [-0.2, -0.15) is 0 Å². The van der Waals surface area contributed by atoms with Crippen molar-refractivity contribution in [3.05, 3.63) is 0 Å². The maximum Gasteiger partial charge on any atom is 0.140 e. The molecule has 0 N–H and O–H groups in total. The number of hydrogen-bond donors (Lipinski definition) is 0. The second-order valence-corrected chi connectivity index (χ2v) is 6.03. The van der Waals surface area contributed by atoms with Gasteiger partial charge in [0, 0.05) is 0 Å². The lowest BCUT2D eigenvalue weighted by molar-refractivity contribution is -0.0238. The van der Waals surface area contributed by atoms with Crippen molar-refractivity contribution in [3.8, 4) is 0 Å². The molecule has 0 saturated heterocycles. The van der Waals surface area contributed by atoms with Crippen molar-refractivity contribution >= 4 is 6.71 Å². The van der Waals surface area contributed by atoms with Crippen molar-refractivity contribution in [2.24, 2.45) is 11.3 Å². The van der Waals surface area contributed by atoms with Crippen LogP contribution in [0.1, 0.15) is 53.4 Å². The molecule has 0 aromatic rings. The Balaban J connectivity index is 2.77. The van der Waals surface area contributed by atoms with E-state index >= 15 is 0 Å². The SMILES string of the molecule is CCCC1CC(C)(B(C)C)C1(C)CC. The van der Waals surface area contributed by atoms with E-state index in [-0.39, 0.29) is 0 Å². The molecular weight excluding hydrogens is 167 g/mol. The van der Waals surface area contributed by atoms with Crippen LogP contribution in [0.5, 0.6) is 0 Å². The molecule has 0 bridgehead atoms. The maximum absolute atomic E-state index is 2.52. The predicted octanol–water partition coefficient (Wildman–Crippen LogP) is 4.74. The van der Waals surface area contributed by atoms with E-state index in [9.17, 15) is 0 Å². The van der Waals surface area contributed by atoms with E-state index in [2.05, 4.69) is 41.3 Å². The van der Waals surface area contributed by atoms with Crippen molar-refractivity contribution in [2.45, 2.75) is 72.3 Å². The fourth-order valence-electron chi connectivity index (χ4n) is 3.66. The summed E-state index contributed by atoms with van der Waals surface area (Å²) in [5, 5.41) is 0.599. The molecule has 0 aromatic carbocycles. The van der Waals surface area contributed by atoms with Crippen LogP contribution in [0.4, 0.5) is 0 Å². The first-order valence-electron chi connectivity index (χ1n) is 6.42. The summed E-state index contributed by atoms with van der Waals surface area (Å²) in [4.78, 5) is 0. The van der Waals surface area contributed by atoms with Crippen LogP contribution in [0.3, 0.4) is 0 Å². The summed E-state index contributed by atoms with van der Waals surface area (Å²) in [6.07, 6.45) is 5.61. The molecule has 0 spiro atoms. The van der Waals surface area contributed by atoms with Gasteiger partial charge >= 0.3 is 0 Å². The number of hydrogen-bond acceptors (Lipinski definition) is 0. The average molecular weight is 194 g/mol. The normalized spacial score (nSPS) is 42.0. The molecule has 3 unspecified atom stereocenters. The van der Waals surface area contributed by atoms with Crippen LogP contribution >= 0.6 is 0 Å². The van der Waals surface area contributed by atoms with Crippen LogP contribution in [0.2, 0.25) is 19.0 Å². The molecule has 1 aliphatic rings. The van der Waals surface area contributed by atoms with Crippen LogP contribution in [0.25, 0.3) is 0 Å². The third kappa shape index (κ3) is 1.44. The quantitative estimate of drug-likeness (QED) is 0.567. The third-order valence-corrected chi connectivity index (χ3v) is 5.52. The van der Waals surface area contributed by atoms with Gasteiger partial charge in [-0.05, 0) is 16.6 Å². The van der Waals surface area contributed by atoms with Crippen molar-refractivity contribution in [3.63, 3.8) is 0 Å². The molecule has 0 nitrogen and oxygen atoms in total. The van der Waals surface area contributed by atoms with Gasteiger partial charge < -0.3 is 0 Å². The van der Waals surface area contributed by atoms with Gasteiger partial charge in [-0.25, -0.2) is 0 Å². The van der Waals surface area contributed by atoms with E-state index in [1.807, 2.05) is 0 Å². The molecule has 82 valence electrons. The molecule has 1 saturated carbocycles. The zero-order valence-electron chi connectivity index (χ0n) is 11.0. The highest BCUT2D eigenvalue weighted by molar-refractivity contribution is 6.60. The number of rotatable bonds is 4. The Morgan fingerprint density at radius 1 is 1.21 bits per heavy atom. The van der Waals surface area contributed by atoms with Gasteiger partial charge in [0.05, 0.1) is 0 Å². The molecule has 0 radical (unpaired) electrons. The van der Waals surface area contributed by atoms with Crippen molar-refractivity contribution in [1.82, 2.24) is 0 Å². The summed E-state index contributed by atoms with van der Waals surface area (Å²) in [7, 11) is 0. The van der Waals surface area contributed by atoms with Crippen LogP contribution in [-0.2, 0) is 0 Å². The Morgan fingerprint density at radius 2 is 1.79 bits per heavy atom. The molecule has 0 amide bonds. The van der Waals surface area contributed by atoms with E-state index < -0.39 is 0 Å². The first kappa shape index (κ1) is 12.1. The predicted molar refractivity (Wildman–Crippen MR) is 67.3 cm³/mol. The van der Waals surface area contributed by atoms with Gasteiger partial charge in [-0.1, -0.05) is 67.0 Å². The Bertz CT molecular complexity index is 199.